The summed E-state index contributed by atoms with van der Waals surface area (Å²) in [6, 6.07) is 4.02. The van der Waals surface area contributed by atoms with Crippen LogP contribution in [0.25, 0.3) is 0 Å². The standard InChI is InChI=1S/C17H27N5O2/c1-20-9-11-21(12-10-20)14-4-7-22(8-5-14)17(23)19-16-13-15(24-2)3-6-18-16/h3,6,13-14H,4-5,7-12H2,1-2H3,(H,18,19,23). The van der Waals surface area contributed by atoms with Crippen molar-refractivity contribution in [3.63, 3.8) is 0 Å². The predicted molar refractivity (Wildman–Crippen MR) is 93.5 cm³/mol. The Morgan fingerprint density at radius 1 is 1.21 bits per heavy atom. The predicted octanol–water partition coefficient (Wildman–Crippen LogP) is 1.33. The van der Waals surface area contributed by atoms with Crippen molar-refractivity contribution in [1.82, 2.24) is 19.7 Å². The van der Waals surface area contributed by atoms with E-state index in [-0.39, 0.29) is 6.03 Å². The zero-order valence-corrected chi connectivity index (χ0v) is 14.6. The Balaban J connectivity index is 1.48. The second-order valence-corrected chi connectivity index (χ2v) is 6.57. The van der Waals surface area contributed by atoms with Crippen LogP contribution in [0.2, 0.25) is 0 Å². The molecular formula is C17H27N5O2. The summed E-state index contributed by atoms with van der Waals surface area (Å²) >= 11 is 0. The van der Waals surface area contributed by atoms with Gasteiger partial charge in [0.1, 0.15) is 11.6 Å². The fourth-order valence-corrected chi connectivity index (χ4v) is 3.42. The quantitative estimate of drug-likeness (QED) is 0.904. The van der Waals surface area contributed by atoms with Crippen LogP contribution >= 0.6 is 0 Å². The highest BCUT2D eigenvalue weighted by Gasteiger charge is 2.28. The number of piperazine rings is 1. The Bertz CT molecular complexity index is 552. The molecule has 3 heterocycles. The van der Waals surface area contributed by atoms with Gasteiger partial charge in [0.15, 0.2) is 0 Å². The summed E-state index contributed by atoms with van der Waals surface area (Å²) in [5.41, 5.74) is 0. The lowest BCUT2D eigenvalue weighted by molar-refractivity contribution is 0.0765. The molecule has 2 saturated heterocycles. The molecule has 1 N–H and O–H groups in total. The van der Waals surface area contributed by atoms with Crippen molar-refractivity contribution in [2.45, 2.75) is 18.9 Å². The number of likely N-dealkylation sites (tertiary alicyclic amines) is 1. The average Bonchev–Trinajstić information content (AvgIpc) is 2.62. The van der Waals surface area contributed by atoms with Crippen molar-refractivity contribution < 1.29 is 9.53 Å². The van der Waals surface area contributed by atoms with E-state index >= 15 is 0 Å². The van der Waals surface area contributed by atoms with Crippen LogP contribution in [-0.4, -0.2) is 85.2 Å². The number of hydrogen-bond donors (Lipinski definition) is 1. The first-order valence-electron chi connectivity index (χ1n) is 8.64. The molecule has 3 rings (SSSR count). The smallest absolute Gasteiger partial charge is 0.323 e. The minimum atomic E-state index is -0.0763. The average molecular weight is 333 g/mol. The zero-order valence-electron chi connectivity index (χ0n) is 14.6. The molecule has 7 nitrogen and oxygen atoms in total. The molecular weight excluding hydrogens is 306 g/mol. The third kappa shape index (κ3) is 4.15. The van der Waals surface area contributed by atoms with Gasteiger partial charge in [0, 0.05) is 57.6 Å². The number of nitrogens with one attached hydrogen (secondary N) is 1. The first-order chi connectivity index (χ1) is 11.7. The molecule has 0 aliphatic carbocycles. The van der Waals surface area contributed by atoms with E-state index < -0.39 is 0 Å². The molecule has 132 valence electrons. The number of anilines is 1. The van der Waals surface area contributed by atoms with E-state index in [4.69, 9.17) is 4.74 Å². The number of rotatable bonds is 3. The van der Waals surface area contributed by atoms with Gasteiger partial charge in [0.25, 0.3) is 0 Å². The molecule has 2 fully saturated rings. The Labute approximate surface area is 143 Å². The lowest BCUT2D eigenvalue weighted by Crippen LogP contribution is -2.53. The summed E-state index contributed by atoms with van der Waals surface area (Å²) in [5, 5.41) is 2.86. The normalized spacial score (nSPS) is 20.8. The second-order valence-electron chi connectivity index (χ2n) is 6.57. The number of likely N-dealkylation sites (N-methyl/N-ethyl adjacent to an activating group) is 1. The molecule has 2 amide bonds. The van der Waals surface area contributed by atoms with Gasteiger partial charge in [0.2, 0.25) is 0 Å². The van der Waals surface area contributed by atoms with Gasteiger partial charge in [-0.2, -0.15) is 0 Å². The molecule has 0 aromatic carbocycles. The van der Waals surface area contributed by atoms with Crippen LogP contribution in [0.3, 0.4) is 0 Å². The summed E-state index contributed by atoms with van der Waals surface area (Å²) in [6.45, 7) is 6.16. The molecule has 0 spiro atoms. The number of carbonyl (C=O) groups is 1. The Morgan fingerprint density at radius 2 is 1.92 bits per heavy atom. The molecule has 2 aliphatic rings. The topological polar surface area (TPSA) is 60.9 Å². The van der Waals surface area contributed by atoms with Crippen LogP contribution in [-0.2, 0) is 0 Å². The van der Waals surface area contributed by atoms with Crippen molar-refractivity contribution in [1.29, 1.82) is 0 Å². The Hall–Kier alpha value is -1.86. The van der Waals surface area contributed by atoms with Gasteiger partial charge in [-0.15, -0.1) is 0 Å². The number of piperidine rings is 1. The van der Waals surface area contributed by atoms with Gasteiger partial charge in [0.05, 0.1) is 7.11 Å². The molecule has 7 heteroatoms. The Morgan fingerprint density at radius 3 is 2.58 bits per heavy atom. The number of nitrogens with zero attached hydrogens (tertiary/aromatic N) is 4. The van der Waals surface area contributed by atoms with Crippen LogP contribution in [0.1, 0.15) is 12.8 Å². The SMILES string of the molecule is COc1ccnc(NC(=O)N2CCC(N3CCN(C)CC3)CC2)c1. The van der Waals surface area contributed by atoms with Crippen LogP contribution in [0.15, 0.2) is 18.3 Å². The molecule has 2 aliphatic heterocycles. The van der Waals surface area contributed by atoms with Crippen molar-refractivity contribution >= 4 is 11.8 Å². The number of carbonyl (C=O) groups excluding carboxylic acids is 1. The lowest BCUT2D eigenvalue weighted by Gasteiger charge is -2.42. The van der Waals surface area contributed by atoms with E-state index in [2.05, 4.69) is 27.1 Å². The fourth-order valence-electron chi connectivity index (χ4n) is 3.42. The van der Waals surface area contributed by atoms with Gasteiger partial charge < -0.3 is 14.5 Å². The molecule has 0 unspecified atom stereocenters. The van der Waals surface area contributed by atoms with E-state index in [9.17, 15) is 4.79 Å². The van der Waals surface area contributed by atoms with E-state index in [1.54, 1.807) is 25.4 Å². The summed E-state index contributed by atoms with van der Waals surface area (Å²) < 4.78 is 5.16. The third-order valence-corrected chi connectivity index (χ3v) is 5.01. The van der Waals surface area contributed by atoms with Gasteiger partial charge in [-0.25, -0.2) is 9.78 Å². The first kappa shape index (κ1) is 17.0. The maximum absolute atomic E-state index is 12.4. The molecule has 0 atom stereocenters. The molecule has 0 radical (unpaired) electrons. The van der Waals surface area contributed by atoms with Gasteiger partial charge >= 0.3 is 6.03 Å². The van der Waals surface area contributed by atoms with Crippen molar-refractivity contribution in [2.75, 3.05) is 58.7 Å². The Kier molecular flexibility index (Phi) is 5.52. The number of ether oxygens (including phenoxy) is 1. The highest BCUT2D eigenvalue weighted by molar-refractivity contribution is 5.88. The van der Waals surface area contributed by atoms with Crippen LogP contribution in [0.4, 0.5) is 10.6 Å². The van der Waals surface area contributed by atoms with E-state index in [0.29, 0.717) is 17.6 Å². The van der Waals surface area contributed by atoms with Crippen molar-refractivity contribution in [3.05, 3.63) is 18.3 Å². The van der Waals surface area contributed by atoms with Crippen molar-refractivity contribution in [2.24, 2.45) is 0 Å². The molecule has 1 aromatic rings. The summed E-state index contributed by atoms with van der Waals surface area (Å²) in [5.74, 6) is 1.22. The zero-order chi connectivity index (χ0) is 16.9. The van der Waals surface area contributed by atoms with Crippen LogP contribution in [0.5, 0.6) is 5.75 Å². The number of pyridine rings is 1. The number of aromatic nitrogens is 1. The highest BCUT2D eigenvalue weighted by atomic mass is 16.5. The first-order valence-corrected chi connectivity index (χ1v) is 8.64. The van der Waals surface area contributed by atoms with Gasteiger partial charge in [-0.3, -0.25) is 10.2 Å². The molecule has 0 bridgehead atoms. The minimum Gasteiger partial charge on any atom is -0.497 e. The molecule has 24 heavy (non-hydrogen) atoms. The van der Waals surface area contributed by atoms with Crippen molar-refractivity contribution in [3.8, 4) is 5.75 Å². The van der Waals surface area contributed by atoms with E-state index in [1.807, 2.05) is 4.90 Å². The molecule has 0 saturated carbocycles. The number of amides is 2. The van der Waals surface area contributed by atoms with Gasteiger partial charge in [-0.1, -0.05) is 0 Å². The largest absolute Gasteiger partial charge is 0.497 e. The third-order valence-electron chi connectivity index (χ3n) is 5.01. The van der Waals surface area contributed by atoms with E-state index in [1.165, 1.54) is 0 Å². The fraction of sp³-hybridized carbons (Fsp3) is 0.647. The van der Waals surface area contributed by atoms with E-state index in [0.717, 1.165) is 52.1 Å². The summed E-state index contributed by atoms with van der Waals surface area (Å²) in [7, 11) is 3.78. The molecule has 1 aromatic heterocycles. The lowest BCUT2D eigenvalue weighted by atomic mass is 10.0. The highest BCUT2D eigenvalue weighted by Crippen LogP contribution is 2.19. The number of hydrogen-bond acceptors (Lipinski definition) is 5. The number of urea groups is 1. The maximum atomic E-state index is 12.4. The second kappa shape index (κ2) is 7.81. The monoisotopic (exact) mass is 333 g/mol. The van der Waals surface area contributed by atoms with Crippen LogP contribution in [0, 0.1) is 0 Å². The maximum Gasteiger partial charge on any atom is 0.323 e. The van der Waals surface area contributed by atoms with Gasteiger partial charge in [-0.05, 0) is 26.0 Å². The number of methoxy groups -OCH3 is 1. The summed E-state index contributed by atoms with van der Waals surface area (Å²) in [4.78, 5) is 23.4. The summed E-state index contributed by atoms with van der Waals surface area (Å²) in [6.07, 6.45) is 3.72. The van der Waals surface area contributed by atoms with Crippen LogP contribution < -0.4 is 10.1 Å². The minimum absolute atomic E-state index is 0.0763.